The molecule has 32 heavy (non-hydrogen) atoms. The van der Waals surface area contributed by atoms with Crippen LogP contribution in [-0.4, -0.2) is 22.1 Å². The quantitative estimate of drug-likeness (QED) is 0.349. The minimum Gasteiger partial charge on any atom is -0.491 e. The summed E-state index contributed by atoms with van der Waals surface area (Å²) in [5.74, 6) is 0.774. The highest BCUT2D eigenvalue weighted by atomic mass is 35.5. The molecule has 0 unspecified atom stereocenters. The van der Waals surface area contributed by atoms with Crippen molar-refractivity contribution in [1.29, 1.82) is 0 Å². The van der Waals surface area contributed by atoms with E-state index in [9.17, 15) is 4.79 Å². The Labute approximate surface area is 195 Å². The summed E-state index contributed by atoms with van der Waals surface area (Å²) in [6.45, 7) is 3.88. The van der Waals surface area contributed by atoms with Crippen LogP contribution in [-0.2, 0) is 0 Å². The summed E-state index contributed by atoms with van der Waals surface area (Å²) in [6.07, 6.45) is 0.0606. The predicted octanol–water partition coefficient (Wildman–Crippen LogP) is 6.06. The van der Waals surface area contributed by atoms with E-state index in [4.69, 9.17) is 33.0 Å². The summed E-state index contributed by atoms with van der Waals surface area (Å²) in [4.78, 5) is 17.0. The first-order chi connectivity index (χ1) is 15.4. The molecule has 0 aliphatic heterocycles. The van der Waals surface area contributed by atoms with Gasteiger partial charge in [0.05, 0.1) is 16.7 Å². The lowest BCUT2D eigenvalue weighted by molar-refractivity contribution is 0.0977. The molecule has 0 aliphatic rings. The maximum Gasteiger partial charge on any atom is 0.257 e. The van der Waals surface area contributed by atoms with Crippen LogP contribution in [0.5, 0.6) is 5.75 Å². The monoisotopic (exact) mass is 465 g/mol. The number of para-hydroxylation sites is 2. The van der Waals surface area contributed by atoms with E-state index >= 15 is 0 Å². The summed E-state index contributed by atoms with van der Waals surface area (Å²) in [7, 11) is 0. The lowest BCUT2D eigenvalue weighted by Crippen LogP contribution is -2.34. The number of nitrogens with zero attached hydrogens (tertiary/aromatic N) is 1. The second kappa shape index (κ2) is 9.38. The van der Waals surface area contributed by atoms with Crippen LogP contribution in [0.15, 0.2) is 71.1 Å². The molecule has 0 radical (unpaired) electrons. The predicted molar refractivity (Wildman–Crippen MR) is 130 cm³/mol. The van der Waals surface area contributed by atoms with Crippen molar-refractivity contribution in [2.45, 2.75) is 20.0 Å². The smallest absolute Gasteiger partial charge is 0.257 e. The molecule has 0 fully saturated rings. The maximum absolute atomic E-state index is 12.5. The third-order valence-corrected chi connectivity index (χ3v) is 5.00. The van der Waals surface area contributed by atoms with Crippen molar-refractivity contribution >= 4 is 51.6 Å². The minimum absolute atomic E-state index is 0.0606. The van der Waals surface area contributed by atoms with Gasteiger partial charge in [0.1, 0.15) is 11.3 Å². The van der Waals surface area contributed by atoms with Crippen LogP contribution in [0.25, 0.3) is 22.6 Å². The third-order valence-electron chi connectivity index (χ3n) is 4.46. The Morgan fingerprint density at radius 1 is 1.09 bits per heavy atom. The van der Waals surface area contributed by atoms with Crippen LogP contribution in [0.1, 0.15) is 24.2 Å². The van der Waals surface area contributed by atoms with Gasteiger partial charge in [-0.15, -0.1) is 0 Å². The Balaban J connectivity index is 1.45. The highest BCUT2D eigenvalue weighted by molar-refractivity contribution is 7.80. The molecule has 2 N–H and O–H groups in total. The summed E-state index contributed by atoms with van der Waals surface area (Å²) in [6, 6.07) is 19.6. The summed E-state index contributed by atoms with van der Waals surface area (Å²) >= 11 is 11.7. The van der Waals surface area contributed by atoms with Crippen LogP contribution >= 0.6 is 23.8 Å². The lowest BCUT2D eigenvalue weighted by Gasteiger charge is -2.12. The molecule has 0 spiro atoms. The fourth-order valence-corrected chi connectivity index (χ4v) is 3.46. The maximum atomic E-state index is 12.5. The van der Waals surface area contributed by atoms with Crippen molar-refractivity contribution in [2.75, 3.05) is 5.32 Å². The molecule has 1 amide bonds. The standard InChI is InChI=1S/C24H20ClN3O3S/c1-14(2)30-17-10-7-15(8-11-17)22(29)28-24(32)26-16-9-12-19(25)18(13-16)23-27-20-5-3-4-6-21(20)31-23/h3-14H,1-2H3,(H2,26,28,29,32). The van der Waals surface area contributed by atoms with Crippen molar-refractivity contribution in [3.05, 3.63) is 77.3 Å². The summed E-state index contributed by atoms with van der Waals surface area (Å²) < 4.78 is 11.4. The fraction of sp³-hybridized carbons (Fsp3) is 0.125. The first-order valence-electron chi connectivity index (χ1n) is 9.93. The number of hydrogen-bond donors (Lipinski definition) is 2. The number of anilines is 1. The number of ether oxygens (including phenoxy) is 1. The molecule has 1 aromatic heterocycles. The van der Waals surface area contributed by atoms with Crippen molar-refractivity contribution < 1.29 is 13.9 Å². The van der Waals surface area contributed by atoms with Crippen molar-refractivity contribution in [2.24, 2.45) is 0 Å². The number of amides is 1. The SMILES string of the molecule is CC(C)Oc1ccc(C(=O)NC(=S)Nc2ccc(Cl)c(-c3nc4ccccc4o3)c2)cc1. The number of thiocarbonyl (C=S) groups is 1. The average Bonchev–Trinajstić information content (AvgIpc) is 3.19. The molecule has 3 aromatic carbocycles. The van der Waals surface area contributed by atoms with E-state index in [1.54, 1.807) is 42.5 Å². The number of carbonyl (C=O) groups is 1. The van der Waals surface area contributed by atoms with Crippen LogP contribution in [0.2, 0.25) is 5.02 Å². The molecular formula is C24H20ClN3O3S. The van der Waals surface area contributed by atoms with Crippen molar-refractivity contribution in [3.63, 3.8) is 0 Å². The van der Waals surface area contributed by atoms with E-state index in [0.717, 1.165) is 5.52 Å². The number of hydrogen-bond acceptors (Lipinski definition) is 5. The number of carbonyl (C=O) groups excluding carboxylic acids is 1. The van der Waals surface area contributed by atoms with Crippen molar-refractivity contribution in [3.8, 4) is 17.2 Å². The Hall–Kier alpha value is -3.42. The summed E-state index contributed by atoms with van der Waals surface area (Å²) in [5, 5.41) is 6.31. The zero-order valence-electron chi connectivity index (χ0n) is 17.4. The normalized spacial score (nSPS) is 10.9. The molecular weight excluding hydrogens is 446 g/mol. The number of aromatic nitrogens is 1. The van der Waals surface area contributed by atoms with Gasteiger partial charge >= 0.3 is 0 Å². The van der Waals surface area contributed by atoms with Gasteiger partial charge in [-0.1, -0.05) is 23.7 Å². The van der Waals surface area contributed by atoms with Gasteiger partial charge in [-0.3, -0.25) is 10.1 Å². The van der Waals surface area contributed by atoms with Gasteiger partial charge in [-0.25, -0.2) is 4.98 Å². The average molecular weight is 466 g/mol. The van der Waals surface area contributed by atoms with Gasteiger partial charge in [0, 0.05) is 11.3 Å². The van der Waals surface area contributed by atoms with E-state index in [-0.39, 0.29) is 17.1 Å². The molecule has 0 atom stereocenters. The molecule has 8 heteroatoms. The zero-order valence-corrected chi connectivity index (χ0v) is 19.0. The molecule has 0 bridgehead atoms. The number of rotatable bonds is 5. The van der Waals surface area contributed by atoms with Gasteiger partial charge in [0.15, 0.2) is 10.7 Å². The molecule has 1 heterocycles. The first-order valence-corrected chi connectivity index (χ1v) is 10.7. The Morgan fingerprint density at radius 3 is 2.56 bits per heavy atom. The molecule has 4 aromatic rings. The Morgan fingerprint density at radius 2 is 1.84 bits per heavy atom. The number of fused-ring (bicyclic) bond motifs is 1. The summed E-state index contributed by atoms with van der Waals surface area (Å²) in [5.41, 5.74) is 3.13. The van der Waals surface area contributed by atoms with Gasteiger partial charge in [-0.05, 0) is 80.7 Å². The highest BCUT2D eigenvalue weighted by Crippen LogP contribution is 2.32. The highest BCUT2D eigenvalue weighted by Gasteiger charge is 2.14. The van der Waals surface area contributed by atoms with Crippen LogP contribution in [0.3, 0.4) is 0 Å². The van der Waals surface area contributed by atoms with E-state index in [0.29, 0.717) is 39.1 Å². The Bertz CT molecular complexity index is 1250. The van der Waals surface area contributed by atoms with E-state index in [2.05, 4.69) is 15.6 Å². The topological polar surface area (TPSA) is 76.4 Å². The van der Waals surface area contributed by atoms with E-state index in [1.165, 1.54) is 0 Å². The second-order valence-corrected chi connectivity index (χ2v) is 8.10. The van der Waals surface area contributed by atoms with Gasteiger partial charge < -0.3 is 14.5 Å². The number of oxazole rings is 1. The van der Waals surface area contributed by atoms with Gasteiger partial charge in [0.2, 0.25) is 5.89 Å². The number of halogens is 1. The zero-order chi connectivity index (χ0) is 22.7. The molecule has 0 saturated heterocycles. The molecule has 0 saturated carbocycles. The van der Waals surface area contributed by atoms with Crippen LogP contribution < -0.4 is 15.4 Å². The van der Waals surface area contributed by atoms with Gasteiger partial charge in [-0.2, -0.15) is 0 Å². The largest absolute Gasteiger partial charge is 0.491 e. The van der Waals surface area contributed by atoms with Crippen molar-refractivity contribution in [1.82, 2.24) is 10.3 Å². The third kappa shape index (κ3) is 5.07. The van der Waals surface area contributed by atoms with Crippen LogP contribution in [0.4, 0.5) is 5.69 Å². The van der Waals surface area contributed by atoms with E-state index < -0.39 is 0 Å². The molecule has 6 nitrogen and oxygen atoms in total. The molecule has 162 valence electrons. The minimum atomic E-state index is -0.327. The lowest BCUT2D eigenvalue weighted by atomic mass is 10.2. The Kier molecular flexibility index (Phi) is 6.39. The number of nitrogens with one attached hydrogen (secondary N) is 2. The first kappa shape index (κ1) is 21.8. The second-order valence-electron chi connectivity index (χ2n) is 7.28. The molecule has 4 rings (SSSR count). The van der Waals surface area contributed by atoms with Gasteiger partial charge in [0.25, 0.3) is 5.91 Å². The van der Waals surface area contributed by atoms with E-state index in [1.807, 2.05) is 38.1 Å². The fourth-order valence-electron chi connectivity index (χ4n) is 3.05. The molecule has 0 aliphatic carbocycles. The van der Waals surface area contributed by atoms with Crippen LogP contribution in [0, 0.1) is 0 Å². The number of benzene rings is 3.